The molecule has 1 aliphatic carbocycles. The van der Waals surface area contributed by atoms with E-state index in [1.54, 1.807) is 12.1 Å². The maximum Gasteiger partial charge on any atom is 0.238 e. The van der Waals surface area contributed by atoms with Gasteiger partial charge in [0.2, 0.25) is 10.0 Å². The Morgan fingerprint density at radius 1 is 1.18 bits per heavy atom. The molecule has 0 spiro atoms. The molecule has 1 aromatic carbocycles. The summed E-state index contributed by atoms with van der Waals surface area (Å²) in [6.07, 6.45) is 4.13. The van der Waals surface area contributed by atoms with Gasteiger partial charge in [0.15, 0.2) is 0 Å². The third-order valence-electron chi connectivity index (χ3n) is 3.66. The topological polar surface area (TPSA) is 80.4 Å². The largest absolute Gasteiger partial charge is 0.395 e. The molecule has 2 rings (SSSR count). The van der Waals surface area contributed by atoms with E-state index >= 15 is 0 Å². The number of aliphatic hydroxyl groups excluding tert-OH is 1. The lowest BCUT2D eigenvalue weighted by molar-refractivity contribution is 0.196. The molecule has 0 aromatic heterocycles. The molecule has 1 aliphatic rings. The molecule has 0 amide bonds. The van der Waals surface area contributed by atoms with Gasteiger partial charge in [-0.1, -0.05) is 25.0 Å². The molecule has 0 heterocycles. The SMILES string of the molecule is NS(=O)(=O)c1ccc(C2(CO)CCCC2)cc1. The lowest BCUT2D eigenvalue weighted by atomic mass is 9.80. The van der Waals surface area contributed by atoms with E-state index in [4.69, 9.17) is 5.14 Å². The van der Waals surface area contributed by atoms with E-state index in [0.29, 0.717) is 0 Å². The number of hydrogen-bond acceptors (Lipinski definition) is 3. The van der Waals surface area contributed by atoms with Gasteiger partial charge in [0.25, 0.3) is 0 Å². The van der Waals surface area contributed by atoms with Gasteiger partial charge in [-0.15, -0.1) is 0 Å². The summed E-state index contributed by atoms with van der Waals surface area (Å²) in [4.78, 5) is 0.118. The highest BCUT2D eigenvalue weighted by Gasteiger charge is 2.34. The van der Waals surface area contributed by atoms with Gasteiger partial charge in [-0.25, -0.2) is 13.6 Å². The van der Waals surface area contributed by atoms with Gasteiger partial charge in [-0.05, 0) is 30.5 Å². The maximum atomic E-state index is 11.1. The monoisotopic (exact) mass is 255 g/mol. The fraction of sp³-hybridized carbons (Fsp3) is 0.500. The van der Waals surface area contributed by atoms with Crippen LogP contribution in [0.25, 0.3) is 0 Å². The van der Waals surface area contributed by atoms with Gasteiger partial charge in [-0.2, -0.15) is 0 Å². The zero-order valence-electron chi connectivity index (χ0n) is 9.59. The van der Waals surface area contributed by atoms with E-state index in [1.807, 2.05) is 0 Å². The number of nitrogens with two attached hydrogens (primary N) is 1. The highest BCUT2D eigenvalue weighted by Crippen LogP contribution is 2.40. The lowest BCUT2D eigenvalue weighted by Gasteiger charge is -2.27. The zero-order chi connectivity index (χ0) is 12.5. The number of sulfonamides is 1. The lowest BCUT2D eigenvalue weighted by Crippen LogP contribution is -2.26. The molecular weight excluding hydrogens is 238 g/mol. The predicted molar refractivity (Wildman–Crippen MR) is 65.0 cm³/mol. The Balaban J connectivity index is 2.35. The Morgan fingerprint density at radius 3 is 2.12 bits per heavy atom. The minimum absolute atomic E-state index is 0.113. The summed E-state index contributed by atoms with van der Waals surface area (Å²) in [6, 6.07) is 6.56. The van der Waals surface area contributed by atoms with Crippen molar-refractivity contribution >= 4 is 10.0 Å². The van der Waals surface area contributed by atoms with Gasteiger partial charge in [0, 0.05) is 5.41 Å². The Kier molecular flexibility index (Phi) is 3.25. The summed E-state index contributed by atoms with van der Waals surface area (Å²) in [5.74, 6) is 0. The second-order valence-electron chi connectivity index (χ2n) is 4.71. The average Bonchev–Trinajstić information content (AvgIpc) is 2.78. The van der Waals surface area contributed by atoms with Crippen LogP contribution in [0.4, 0.5) is 0 Å². The highest BCUT2D eigenvalue weighted by atomic mass is 32.2. The first kappa shape index (κ1) is 12.5. The van der Waals surface area contributed by atoms with Crippen molar-refractivity contribution in [3.8, 4) is 0 Å². The molecule has 0 unspecified atom stereocenters. The van der Waals surface area contributed by atoms with E-state index in [0.717, 1.165) is 31.2 Å². The molecule has 17 heavy (non-hydrogen) atoms. The van der Waals surface area contributed by atoms with E-state index < -0.39 is 10.0 Å². The van der Waals surface area contributed by atoms with Crippen LogP contribution in [-0.4, -0.2) is 20.1 Å². The summed E-state index contributed by atoms with van der Waals surface area (Å²) >= 11 is 0. The number of primary sulfonamides is 1. The number of hydrogen-bond donors (Lipinski definition) is 2. The first-order chi connectivity index (χ1) is 7.98. The van der Waals surface area contributed by atoms with E-state index in [1.165, 1.54) is 12.1 Å². The van der Waals surface area contributed by atoms with E-state index in [-0.39, 0.29) is 16.9 Å². The van der Waals surface area contributed by atoms with E-state index in [9.17, 15) is 13.5 Å². The van der Waals surface area contributed by atoms with Crippen molar-refractivity contribution in [3.05, 3.63) is 29.8 Å². The number of rotatable bonds is 3. The molecule has 0 bridgehead atoms. The van der Waals surface area contributed by atoms with Crippen molar-refractivity contribution in [2.75, 3.05) is 6.61 Å². The first-order valence-corrected chi connectivity index (χ1v) is 7.27. The molecule has 0 aliphatic heterocycles. The molecule has 0 atom stereocenters. The third kappa shape index (κ3) is 2.36. The quantitative estimate of drug-likeness (QED) is 0.849. The summed E-state index contributed by atoms with van der Waals surface area (Å²) in [5, 5.41) is 14.6. The standard InChI is InChI=1S/C12H17NO3S/c13-17(15,16)11-5-3-10(4-6-11)12(9-14)7-1-2-8-12/h3-6,14H,1-2,7-9H2,(H2,13,15,16). The molecule has 5 heteroatoms. The van der Waals surface area contributed by atoms with Crippen LogP contribution in [0.3, 0.4) is 0 Å². The van der Waals surface area contributed by atoms with Crippen LogP contribution in [-0.2, 0) is 15.4 Å². The first-order valence-electron chi connectivity index (χ1n) is 5.72. The van der Waals surface area contributed by atoms with Gasteiger partial charge in [0.1, 0.15) is 0 Å². The van der Waals surface area contributed by atoms with E-state index in [2.05, 4.69) is 0 Å². The Hall–Kier alpha value is -0.910. The van der Waals surface area contributed by atoms with Gasteiger partial charge >= 0.3 is 0 Å². The molecule has 1 saturated carbocycles. The van der Waals surface area contributed by atoms with Gasteiger partial charge in [0.05, 0.1) is 11.5 Å². The molecular formula is C12H17NO3S. The molecule has 0 saturated heterocycles. The second kappa shape index (κ2) is 4.40. The van der Waals surface area contributed by atoms with Crippen LogP contribution in [0, 0.1) is 0 Å². The second-order valence-corrected chi connectivity index (χ2v) is 6.28. The molecule has 1 aromatic rings. The molecule has 1 fully saturated rings. The minimum atomic E-state index is -3.63. The van der Waals surface area contributed by atoms with Crippen molar-refractivity contribution in [2.45, 2.75) is 36.0 Å². The number of aliphatic hydroxyl groups is 1. The van der Waals surface area contributed by atoms with Crippen LogP contribution >= 0.6 is 0 Å². The maximum absolute atomic E-state index is 11.1. The van der Waals surface area contributed by atoms with Crippen LogP contribution < -0.4 is 5.14 Å². The van der Waals surface area contributed by atoms with Crippen molar-refractivity contribution < 1.29 is 13.5 Å². The van der Waals surface area contributed by atoms with Gasteiger partial charge in [-0.3, -0.25) is 0 Å². The predicted octanol–water partition coefficient (Wildman–Crippen LogP) is 1.14. The van der Waals surface area contributed by atoms with Crippen molar-refractivity contribution in [2.24, 2.45) is 5.14 Å². The Bertz CT molecular complexity index is 487. The summed E-state index contributed by atoms with van der Waals surface area (Å²) < 4.78 is 22.3. The van der Waals surface area contributed by atoms with Gasteiger partial charge < -0.3 is 5.11 Å². The van der Waals surface area contributed by atoms with Crippen LogP contribution in [0.1, 0.15) is 31.2 Å². The smallest absolute Gasteiger partial charge is 0.238 e. The molecule has 4 nitrogen and oxygen atoms in total. The van der Waals surface area contributed by atoms with Crippen LogP contribution in [0.2, 0.25) is 0 Å². The van der Waals surface area contributed by atoms with Crippen molar-refractivity contribution in [1.82, 2.24) is 0 Å². The molecule has 3 N–H and O–H groups in total. The Morgan fingerprint density at radius 2 is 1.71 bits per heavy atom. The van der Waals surface area contributed by atoms with Crippen LogP contribution in [0.15, 0.2) is 29.2 Å². The summed E-state index contributed by atoms with van der Waals surface area (Å²) in [6.45, 7) is 0.113. The highest BCUT2D eigenvalue weighted by molar-refractivity contribution is 7.89. The van der Waals surface area contributed by atoms with Crippen molar-refractivity contribution in [3.63, 3.8) is 0 Å². The zero-order valence-corrected chi connectivity index (χ0v) is 10.4. The summed E-state index contributed by atoms with van der Waals surface area (Å²) in [7, 11) is -3.63. The third-order valence-corrected chi connectivity index (χ3v) is 4.59. The Labute approximate surface area is 102 Å². The normalized spacial score (nSPS) is 19.4. The summed E-state index contributed by atoms with van der Waals surface area (Å²) in [5.41, 5.74) is 0.821. The molecule has 94 valence electrons. The minimum Gasteiger partial charge on any atom is -0.395 e. The average molecular weight is 255 g/mol. The van der Waals surface area contributed by atoms with Crippen molar-refractivity contribution in [1.29, 1.82) is 0 Å². The molecule has 0 radical (unpaired) electrons. The fourth-order valence-electron chi connectivity index (χ4n) is 2.59. The fourth-order valence-corrected chi connectivity index (χ4v) is 3.10. The number of benzene rings is 1. The van der Waals surface area contributed by atoms with Crippen LogP contribution in [0.5, 0.6) is 0 Å².